The molecular weight excluding hydrogens is 392 g/mol. The molecule has 2 aliphatic heterocycles. The number of halogens is 1. The van der Waals surface area contributed by atoms with E-state index in [-0.39, 0.29) is 11.8 Å². The van der Waals surface area contributed by atoms with Crippen molar-refractivity contribution in [1.82, 2.24) is 0 Å². The molecule has 1 fully saturated rings. The summed E-state index contributed by atoms with van der Waals surface area (Å²) >= 11 is 6.22. The van der Waals surface area contributed by atoms with Gasteiger partial charge in [0.1, 0.15) is 13.2 Å². The fourth-order valence-electron chi connectivity index (χ4n) is 3.52. The fraction of sp³-hybridized carbons (Fsp3) is 0.273. The second kappa shape index (κ2) is 8.17. The van der Waals surface area contributed by atoms with Crippen LogP contribution < -0.4 is 19.7 Å². The highest BCUT2D eigenvalue weighted by atomic mass is 35.5. The molecule has 6 nitrogen and oxygen atoms in total. The number of hydrogen-bond donors (Lipinski definition) is 1. The largest absolute Gasteiger partial charge is 0.486 e. The highest BCUT2D eigenvalue weighted by molar-refractivity contribution is 6.32. The Hall–Kier alpha value is -2.99. The van der Waals surface area contributed by atoms with Gasteiger partial charge in [-0.05, 0) is 60.9 Å². The van der Waals surface area contributed by atoms with Gasteiger partial charge in [-0.1, -0.05) is 11.6 Å². The lowest BCUT2D eigenvalue weighted by atomic mass is 10.1. The Balaban J connectivity index is 1.44. The minimum atomic E-state index is -0.264. The number of anilines is 2. The van der Waals surface area contributed by atoms with Crippen molar-refractivity contribution in [1.29, 1.82) is 0 Å². The van der Waals surface area contributed by atoms with Gasteiger partial charge in [-0.15, -0.1) is 0 Å². The first kappa shape index (κ1) is 19.3. The minimum absolute atomic E-state index is 0.144. The molecule has 29 heavy (non-hydrogen) atoms. The van der Waals surface area contributed by atoms with Crippen LogP contribution >= 0.6 is 11.6 Å². The summed E-state index contributed by atoms with van der Waals surface area (Å²) in [6, 6.07) is 9.06. The predicted octanol–water partition coefficient (Wildman–Crippen LogP) is 4.20. The van der Waals surface area contributed by atoms with E-state index in [9.17, 15) is 9.59 Å². The van der Waals surface area contributed by atoms with Gasteiger partial charge in [-0.2, -0.15) is 0 Å². The number of rotatable bonds is 4. The minimum Gasteiger partial charge on any atom is -0.486 e. The van der Waals surface area contributed by atoms with Crippen LogP contribution in [-0.2, 0) is 9.59 Å². The van der Waals surface area contributed by atoms with Gasteiger partial charge in [0, 0.05) is 30.4 Å². The summed E-state index contributed by atoms with van der Waals surface area (Å²) in [5.74, 6) is 0.990. The number of amides is 2. The number of fused-ring (bicyclic) bond motifs is 1. The molecule has 2 aromatic rings. The molecule has 1 saturated heterocycles. The zero-order chi connectivity index (χ0) is 20.4. The summed E-state index contributed by atoms with van der Waals surface area (Å²) in [5.41, 5.74) is 3.26. The third-order valence-electron chi connectivity index (χ3n) is 4.87. The lowest BCUT2D eigenvalue weighted by Crippen LogP contribution is -2.24. The zero-order valence-electron chi connectivity index (χ0n) is 16.0. The summed E-state index contributed by atoms with van der Waals surface area (Å²) in [4.78, 5) is 26.1. The number of carbonyl (C=O) groups is 2. The molecule has 150 valence electrons. The van der Waals surface area contributed by atoms with Gasteiger partial charge < -0.3 is 19.7 Å². The number of hydrogen-bond acceptors (Lipinski definition) is 4. The first-order valence-electron chi connectivity index (χ1n) is 9.50. The first-order valence-corrected chi connectivity index (χ1v) is 9.88. The molecule has 0 radical (unpaired) electrons. The number of carbonyl (C=O) groups excluding carboxylic acids is 2. The molecule has 2 aromatic carbocycles. The van der Waals surface area contributed by atoms with Crippen molar-refractivity contribution in [2.75, 3.05) is 30.0 Å². The lowest BCUT2D eigenvalue weighted by molar-refractivity contribution is -0.117. The summed E-state index contributed by atoms with van der Waals surface area (Å²) in [6.07, 6.45) is 4.58. The Bertz CT molecular complexity index is 1000. The van der Waals surface area contributed by atoms with Gasteiger partial charge in [-0.3, -0.25) is 9.59 Å². The van der Waals surface area contributed by atoms with E-state index in [1.165, 1.54) is 6.08 Å². The third kappa shape index (κ3) is 4.22. The SMILES string of the molecule is Cc1cc(NC(=O)/C=C/c2cc(Cl)c3c(c2)OCCO3)ccc1N1CCCC1=O. The van der Waals surface area contributed by atoms with Crippen molar-refractivity contribution in [3.63, 3.8) is 0 Å². The van der Waals surface area contributed by atoms with Crippen LogP contribution in [-0.4, -0.2) is 31.6 Å². The maximum atomic E-state index is 12.3. The van der Waals surface area contributed by atoms with Crippen LogP contribution in [0.5, 0.6) is 11.5 Å². The van der Waals surface area contributed by atoms with E-state index in [2.05, 4.69) is 5.32 Å². The molecule has 0 bridgehead atoms. The topological polar surface area (TPSA) is 67.9 Å². The molecule has 0 aliphatic carbocycles. The van der Waals surface area contributed by atoms with Gasteiger partial charge in [0.15, 0.2) is 11.5 Å². The standard InChI is InChI=1S/C22H21ClN2O4/c1-14-11-16(5-6-18(14)25-8-2-3-21(25)27)24-20(26)7-4-15-12-17(23)22-19(13-15)28-9-10-29-22/h4-7,11-13H,2-3,8-10H2,1H3,(H,24,26)/b7-4+. The Morgan fingerprint density at radius 2 is 2.03 bits per heavy atom. The summed E-state index contributed by atoms with van der Waals surface area (Å²) in [5, 5.41) is 3.29. The highest BCUT2D eigenvalue weighted by Crippen LogP contribution is 2.38. The molecule has 2 amide bonds. The van der Waals surface area contributed by atoms with Crippen LogP contribution in [0.2, 0.25) is 5.02 Å². The average molecular weight is 413 g/mol. The van der Waals surface area contributed by atoms with E-state index < -0.39 is 0 Å². The van der Waals surface area contributed by atoms with Gasteiger partial charge in [0.2, 0.25) is 11.8 Å². The molecule has 2 heterocycles. The highest BCUT2D eigenvalue weighted by Gasteiger charge is 2.23. The van der Waals surface area contributed by atoms with Crippen molar-refractivity contribution in [3.05, 3.63) is 52.6 Å². The normalized spacial score (nSPS) is 15.8. The zero-order valence-corrected chi connectivity index (χ0v) is 16.8. The van der Waals surface area contributed by atoms with E-state index in [0.29, 0.717) is 41.8 Å². The van der Waals surface area contributed by atoms with E-state index >= 15 is 0 Å². The van der Waals surface area contributed by atoms with Crippen LogP contribution in [0, 0.1) is 6.92 Å². The number of ether oxygens (including phenoxy) is 2. The van der Waals surface area contributed by atoms with Crippen molar-refractivity contribution >= 4 is 40.9 Å². The Morgan fingerprint density at radius 3 is 2.79 bits per heavy atom. The van der Waals surface area contributed by atoms with Crippen molar-refractivity contribution in [2.24, 2.45) is 0 Å². The number of nitrogens with one attached hydrogen (secondary N) is 1. The maximum Gasteiger partial charge on any atom is 0.248 e. The Labute approximate surface area is 174 Å². The molecule has 0 spiro atoms. The molecule has 2 aliphatic rings. The smallest absolute Gasteiger partial charge is 0.248 e. The van der Waals surface area contributed by atoms with E-state index in [0.717, 1.165) is 29.8 Å². The number of aryl methyl sites for hydroxylation is 1. The van der Waals surface area contributed by atoms with Gasteiger partial charge in [-0.25, -0.2) is 0 Å². The number of benzene rings is 2. The fourth-order valence-corrected chi connectivity index (χ4v) is 3.80. The first-order chi connectivity index (χ1) is 14.0. The second-order valence-electron chi connectivity index (χ2n) is 7.00. The molecule has 7 heteroatoms. The van der Waals surface area contributed by atoms with Gasteiger partial charge >= 0.3 is 0 Å². The van der Waals surface area contributed by atoms with Crippen molar-refractivity contribution < 1.29 is 19.1 Å². The average Bonchev–Trinajstić information content (AvgIpc) is 3.12. The van der Waals surface area contributed by atoms with Crippen LogP contribution in [0.25, 0.3) is 6.08 Å². The predicted molar refractivity (Wildman–Crippen MR) is 113 cm³/mol. The van der Waals surface area contributed by atoms with Crippen LogP contribution in [0.3, 0.4) is 0 Å². The van der Waals surface area contributed by atoms with E-state index in [4.69, 9.17) is 21.1 Å². The molecule has 0 atom stereocenters. The van der Waals surface area contributed by atoms with E-state index in [1.807, 2.05) is 19.1 Å². The number of nitrogens with zero attached hydrogens (tertiary/aromatic N) is 1. The molecule has 0 aromatic heterocycles. The summed E-state index contributed by atoms with van der Waals surface area (Å²) in [7, 11) is 0. The third-order valence-corrected chi connectivity index (χ3v) is 5.16. The monoisotopic (exact) mass is 412 g/mol. The lowest BCUT2D eigenvalue weighted by Gasteiger charge is -2.19. The summed E-state index contributed by atoms with van der Waals surface area (Å²) in [6.45, 7) is 3.61. The Kier molecular flexibility index (Phi) is 5.45. The van der Waals surface area contributed by atoms with Crippen LogP contribution in [0.4, 0.5) is 11.4 Å². The molecule has 0 saturated carbocycles. The summed E-state index contributed by atoms with van der Waals surface area (Å²) < 4.78 is 11.0. The van der Waals surface area contributed by atoms with Crippen LogP contribution in [0.15, 0.2) is 36.4 Å². The molecule has 0 unspecified atom stereocenters. The molecule has 4 rings (SSSR count). The molecular formula is C22H21ClN2O4. The Morgan fingerprint density at radius 1 is 1.21 bits per heavy atom. The van der Waals surface area contributed by atoms with Gasteiger partial charge in [0.05, 0.1) is 5.02 Å². The van der Waals surface area contributed by atoms with Crippen LogP contribution in [0.1, 0.15) is 24.0 Å². The maximum absolute atomic E-state index is 12.3. The van der Waals surface area contributed by atoms with E-state index in [1.54, 1.807) is 29.2 Å². The second-order valence-corrected chi connectivity index (χ2v) is 7.41. The quantitative estimate of drug-likeness (QED) is 0.764. The van der Waals surface area contributed by atoms with Crippen molar-refractivity contribution in [2.45, 2.75) is 19.8 Å². The van der Waals surface area contributed by atoms with Crippen molar-refractivity contribution in [3.8, 4) is 11.5 Å². The molecule has 1 N–H and O–H groups in total. The van der Waals surface area contributed by atoms with Gasteiger partial charge in [0.25, 0.3) is 0 Å².